The molecule has 0 aromatic carbocycles. The molecule has 0 aromatic rings. The topological polar surface area (TPSA) is 41.1 Å². The average molecular weight is 210 g/mol. The third kappa shape index (κ3) is 5.45. The first-order valence-electron chi connectivity index (χ1n) is 5.91. The lowest BCUT2D eigenvalue weighted by atomic mass is 9.97. The molecule has 0 heterocycles. The molecule has 0 saturated carbocycles. The van der Waals surface area contributed by atoms with E-state index in [9.17, 15) is 4.79 Å². The second-order valence-corrected chi connectivity index (χ2v) is 4.41. The van der Waals surface area contributed by atoms with Crippen LogP contribution in [0, 0.1) is 0 Å². The van der Waals surface area contributed by atoms with Gasteiger partial charge in [-0.15, -0.1) is 0 Å². The quantitative estimate of drug-likeness (QED) is 0.688. The average Bonchev–Trinajstić information content (AvgIpc) is 2.18. The summed E-state index contributed by atoms with van der Waals surface area (Å²) in [4.78, 5) is 11.3. The molecule has 0 aliphatic heterocycles. The molecule has 0 unspecified atom stereocenters. The summed E-state index contributed by atoms with van der Waals surface area (Å²) in [6, 6.07) is 0.153. The largest absolute Gasteiger partial charge is 0.338 e. The zero-order valence-corrected chi connectivity index (χ0v) is 9.81. The maximum atomic E-state index is 11.3. The van der Waals surface area contributed by atoms with Gasteiger partial charge in [0.1, 0.15) is 0 Å². The fraction of sp³-hybridized carbons (Fsp3) is 0.750. The van der Waals surface area contributed by atoms with Crippen LogP contribution in [-0.4, -0.2) is 18.6 Å². The number of nitrogens with one attached hydrogen (secondary N) is 2. The Morgan fingerprint density at radius 3 is 2.87 bits per heavy atom. The lowest BCUT2D eigenvalue weighted by Gasteiger charge is -2.14. The van der Waals surface area contributed by atoms with Gasteiger partial charge in [-0.05, 0) is 46.0 Å². The molecule has 0 radical (unpaired) electrons. The summed E-state index contributed by atoms with van der Waals surface area (Å²) in [6.07, 6.45) is 8.40. The zero-order chi connectivity index (χ0) is 11.1. The van der Waals surface area contributed by atoms with E-state index in [1.807, 2.05) is 13.8 Å². The molecule has 0 atom stereocenters. The Morgan fingerprint density at radius 1 is 1.47 bits per heavy atom. The van der Waals surface area contributed by atoms with Crippen LogP contribution in [-0.2, 0) is 0 Å². The van der Waals surface area contributed by atoms with Crippen LogP contribution in [0.25, 0.3) is 0 Å². The Labute approximate surface area is 92.3 Å². The molecule has 1 aliphatic rings. The summed E-state index contributed by atoms with van der Waals surface area (Å²) in [7, 11) is 0. The van der Waals surface area contributed by atoms with Crippen molar-refractivity contribution in [1.29, 1.82) is 0 Å². The second kappa shape index (κ2) is 6.49. The molecule has 3 heteroatoms. The third-order valence-corrected chi connectivity index (χ3v) is 2.54. The van der Waals surface area contributed by atoms with Crippen LogP contribution in [0.5, 0.6) is 0 Å². The molecule has 0 bridgehead atoms. The molecule has 0 fully saturated rings. The van der Waals surface area contributed by atoms with Crippen molar-refractivity contribution in [3.8, 4) is 0 Å². The van der Waals surface area contributed by atoms with Crippen molar-refractivity contribution >= 4 is 6.03 Å². The van der Waals surface area contributed by atoms with E-state index in [1.165, 1.54) is 31.3 Å². The minimum Gasteiger partial charge on any atom is -0.338 e. The summed E-state index contributed by atoms with van der Waals surface area (Å²) in [5, 5.41) is 5.68. The maximum Gasteiger partial charge on any atom is 0.314 e. The Morgan fingerprint density at radius 2 is 2.27 bits per heavy atom. The zero-order valence-electron chi connectivity index (χ0n) is 9.81. The van der Waals surface area contributed by atoms with Crippen LogP contribution in [0.15, 0.2) is 11.6 Å². The maximum absolute atomic E-state index is 11.3. The van der Waals surface area contributed by atoms with Crippen molar-refractivity contribution in [1.82, 2.24) is 10.6 Å². The molecule has 1 aliphatic carbocycles. The standard InChI is InChI=1S/C12H22N2O/c1-10(2)14-12(15)13-9-8-11-6-4-3-5-7-11/h6,10H,3-5,7-9H2,1-2H3,(H2,13,14,15). The van der Waals surface area contributed by atoms with Crippen LogP contribution in [0.4, 0.5) is 4.79 Å². The van der Waals surface area contributed by atoms with Crippen LogP contribution in [0.3, 0.4) is 0 Å². The second-order valence-electron chi connectivity index (χ2n) is 4.41. The molecule has 3 nitrogen and oxygen atoms in total. The SMILES string of the molecule is CC(C)NC(=O)NCCC1=CCCCC1. The molecule has 1 rings (SSSR count). The summed E-state index contributed by atoms with van der Waals surface area (Å²) in [6.45, 7) is 4.68. The van der Waals surface area contributed by atoms with Gasteiger partial charge in [-0.1, -0.05) is 11.6 Å². The predicted octanol–water partition coefficient (Wildman–Crippen LogP) is 2.58. The number of carbonyl (C=O) groups excluding carboxylic acids is 1. The highest BCUT2D eigenvalue weighted by Crippen LogP contribution is 2.19. The first-order chi connectivity index (χ1) is 7.18. The molecule has 0 aromatic heterocycles. The highest BCUT2D eigenvalue weighted by Gasteiger charge is 2.05. The van der Waals surface area contributed by atoms with Gasteiger partial charge >= 0.3 is 6.03 Å². The molecular weight excluding hydrogens is 188 g/mol. The van der Waals surface area contributed by atoms with Crippen LogP contribution in [0.1, 0.15) is 46.0 Å². The van der Waals surface area contributed by atoms with Gasteiger partial charge in [-0.25, -0.2) is 4.79 Å². The summed E-state index contributed by atoms with van der Waals surface area (Å²) < 4.78 is 0. The van der Waals surface area contributed by atoms with Gasteiger partial charge in [-0.3, -0.25) is 0 Å². The Bertz CT molecular complexity index is 234. The van der Waals surface area contributed by atoms with E-state index in [4.69, 9.17) is 0 Å². The smallest absolute Gasteiger partial charge is 0.314 e. The summed E-state index contributed by atoms with van der Waals surface area (Å²) in [5.74, 6) is 0. The Kier molecular flexibility index (Phi) is 5.22. The molecule has 0 saturated heterocycles. The molecule has 15 heavy (non-hydrogen) atoms. The molecule has 0 spiro atoms. The van der Waals surface area contributed by atoms with E-state index in [-0.39, 0.29) is 12.1 Å². The van der Waals surface area contributed by atoms with Crippen LogP contribution < -0.4 is 10.6 Å². The fourth-order valence-corrected chi connectivity index (χ4v) is 1.78. The highest BCUT2D eigenvalue weighted by molar-refractivity contribution is 5.74. The van der Waals surface area contributed by atoms with Gasteiger partial charge in [0.2, 0.25) is 0 Å². The first kappa shape index (κ1) is 12.1. The normalized spacial score (nSPS) is 16.1. The summed E-state index contributed by atoms with van der Waals surface area (Å²) >= 11 is 0. The van der Waals surface area contributed by atoms with Crippen molar-refractivity contribution in [3.63, 3.8) is 0 Å². The Balaban J connectivity index is 2.10. The van der Waals surface area contributed by atoms with Crippen molar-refractivity contribution in [3.05, 3.63) is 11.6 Å². The predicted molar refractivity (Wildman–Crippen MR) is 62.8 cm³/mol. The molecule has 86 valence electrons. The monoisotopic (exact) mass is 210 g/mol. The number of carbonyl (C=O) groups is 1. The van der Waals surface area contributed by atoms with Crippen molar-refractivity contribution in [2.45, 2.75) is 52.0 Å². The van der Waals surface area contributed by atoms with E-state index >= 15 is 0 Å². The summed E-state index contributed by atoms with van der Waals surface area (Å²) in [5.41, 5.74) is 1.51. The van der Waals surface area contributed by atoms with Gasteiger partial charge in [0.25, 0.3) is 0 Å². The lowest BCUT2D eigenvalue weighted by Crippen LogP contribution is -2.39. The van der Waals surface area contributed by atoms with Crippen molar-refractivity contribution in [2.24, 2.45) is 0 Å². The van der Waals surface area contributed by atoms with Crippen molar-refractivity contribution in [2.75, 3.05) is 6.54 Å². The number of rotatable bonds is 4. The van der Waals surface area contributed by atoms with Gasteiger partial charge in [0.05, 0.1) is 0 Å². The van der Waals surface area contributed by atoms with Crippen LogP contribution >= 0.6 is 0 Å². The number of hydrogen-bond acceptors (Lipinski definition) is 1. The lowest BCUT2D eigenvalue weighted by molar-refractivity contribution is 0.238. The fourth-order valence-electron chi connectivity index (χ4n) is 1.78. The number of urea groups is 1. The van der Waals surface area contributed by atoms with E-state index < -0.39 is 0 Å². The highest BCUT2D eigenvalue weighted by atomic mass is 16.2. The van der Waals surface area contributed by atoms with Gasteiger partial charge in [0.15, 0.2) is 0 Å². The first-order valence-corrected chi connectivity index (χ1v) is 5.91. The van der Waals surface area contributed by atoms with Gasteiger partial charge in [-0.2, -0.15) is 0 Å². The number of hydrogen-bond donors (Lipinski definition) is 2. The number of allylic oxidation sites excluding steroid dienone is 1. The molecule has 2 amide bonds. The molecule has 2 N–H and O–H groups in total. The van der Waals surface area contributed by atoms with Crippen LogP contribution in [0.2, 0.25) is 0 Å². The number of amides is 2. The third-order valence-electron chi connectivity index (χ3n) is 2.54. The molecular formula is C12H22N2O. The van der Waals surface area contributed by atoms with E-state index in [1.54, 1.807) is 0 Å². The van der Waals surface area contributed by atoms with E-state index in [0.29, 0.717) is 0 Å². The van der Waals surface area contributed by atoms with Gasteiger partial charge in [0, 0.05) is 12.6 Å². The van der Waals surface area contributed by atoms with Gasteiger partial charge < -0.3 is 10.6 Å². The minimum absolute atomic E-state index is 0.0543. The van der Waals surface area contributed by atoms with E-state index in [2.05, 4.69) is 16.7 Å². The van der Waals surface area contributed by atoms with Crippen molar-refractivity contribution < 1.29 is 4.79 Å². The van der Waals surface area contributed by atoms with E-state index in [0.717, 1.165) is 13.0 Å². The minimum atomic E-state index is -0.0543. The Hall–Kier alpha value is -0.990.